The number of halogens is 2. The SMILES string of the molecule is CC(C)(C)OC(=O)n1cc(-c2ccc(F)c(F)c2)c2ccccc21. The lowest BCUT2D eigenvalue weighted by Gasteiger charge is -2.19. The van der Waals surface area contributed by atoms with Gasteiger partial charge in [-0.1, -0.05) is 24.3 Å². The van der Waals surface area contributed by atoms with Crippen molar-refractivity contribution in [2.45, 2.75) is 26.4 Å². The molecule has 0 radical (unpaired) electrons. The maximum absolute atomic E-state index is 13.6. The maximum Gasteiger partial charge on any atom is 0.419 e. The van der Waals surface area contributed by atoms with Crippen LogP contribution in [0.15, 0.2) is 48.7 Å². The Hall–Kier alpha value is -2.69. The second kappa shape index (κ2) is 5.74. The summed E-state index contributed by atoms with van der Waals surface area (Å²) in [6.45, 7) is 5.35. The average molecular weight is 329 g/mol. The quantitative estimate of drug-likeness (QED) is 0.601. The largest absolute Gasteiger partial charge is 0.443 e. The van der Waals surface area contributed by atoms with Crippen LogP contribution in [0.4, 0.5) is 13.6 Å². The van der Waals surface area contributed by atoms with E-state index < -0.39 is 23.3 Å². The highest BCUT2D eigenvalue weighted by Crippen LogP contribution is 2.32. The zero-order valence-electron chi connectivity index (χ0n) is 13.6. The molecule has 0 N–H and O–H groups in total. The van der Waals surface area contributed by atoms with Crippen LogP contribution in [-0.2, 0) is 4.74 Å². The van der Waals surface area contributed by atoms with E-state index in [4.69, 9.17) is 4.74 Å². The van der Waals surface area contributed by atoms with Crippen molar-refractivity contribution in [1.82, 2.24) is 4.57 Å². The third kappa shape index (κ3) is 3.02. The molecule has 0 aliphatic rings. The fourth-order valence-electron chi connectivity index (χ4n) is 2.54. The van der Waals surface area contributed by atoms with Gasteiger partial charge in [0.1, 0.15) is 5.60 Å². The molecule has 0 amide bonds. The van der Waals surface area contributed by atoms with E-state index in [1.807, 2.05) is 12.1 Å². The van der Waals surface area contributed by atoms with Crippen molar-refractivity contribution >= 4 is 17.0 Å². The topological polar surface area (TPSA) is 31.2 Å². The molecule has 2 aromatic carbocycles. The molecular weight excluding hydrogens is 312 g/mol. The Balaban J connectivity index is 2.16. The summed E-state index contributed by atoms with van der Waals surface area (Å²) in [6.07, 6.45) is 1.07. The minimum atomic E-state index is -0.929. The van der Waals surface area contributed by atoms with Crippen molar-refractivity contribution in [1.29, 1.82) is 0 Å². The normalized spacial score (nSPS) is 11.7. The first-order valence-corrected chi connectivity index (χ1v) is 7.55. The molecule has 0 atom stereocenters. The number of hydrogen-bond donors (Lipinski definition) is 0. The van der Waals surface area contributed by atoms with Crippen molar-refractivity contribution in [3.8, 4) is 11.1 Å². The zero-order chi connectivity index (χ0) is 17.5. The van der Waals surface area contributed by atoms with Crippen molar-refractivity contribution < 1.29 is 18.3 Å². The number of hydrogen-bond acceptors (Lipinski definition) is 2. The smallest absolute Gasteiger partial charge is 0.419 e. The van der Waals surface area contributed by atoms with Crippen LogP contribution in [0.1, 0.15) is 20.8 Å². The first kappa shape index (κ1) is 16.2. The molecule has 24 heavy (non-hydrogen) atoms. The van der Waals surface area contributed by atoms with Gasteiger partial charge in [-0.2, -0.15) is 0 Å². The molecule has 0 aliphatic carbocycles. The molecule has 124 valence electrons. The van der Waals surface area contributed by atoms with Crippen LogP contribution in [0.25, 0.3) is 22.0 Å². The van der Waals surface area contributed by atoms with Crippen LogP contribution in [-0.4, -0.2) is 16.3 Å². The van der Waals surface area contributed by atoms with Crippen LogP contribution in [0.3, 0.4) is 0 Å². The van der Waals surface area contributed by atoms with E-state index in [9.17, 15) is 13.6 Å². The first-order chi connectivity index (χ1) is 11.3. The van der Waals surface area contributed by atoms with Crippen LogP contribution in [0, 0.1) is 11.6 Å². The van der Waals surface area contributed by atoms with E-state index in [-0.39, 0.29) is 0 Å². The summed E-state index contributed by atoms with van der Waals surface area (Å²) in [5.41, 5.74) is 1.14. The molecule has 1 heterocycles. The van der Waals surface area contributed by atoms with Crippen LogP contribution in [0.5, 0.6) is 0 Å². The van der Waals surface area contributed by atoms with E-state index in [0.29, 0.717) is 16.6 Å². The van der Waals surface area contributed by atoms with Gasteiger partial charge >= 0.3 is 6.09 Å². The molecule has 1 aromatic heterocycles. The summed E-state index contributed by atoms with van der Waals surface area (Å²) < 4.78 is 33.6. The Labute approximate surface area is 138 Å². The molecule has 0 unspecified atom stereocenters. The molecule has 0 spiro atoms. The molecule has 0 saturated heterocycles. The Kier molecular flexibility index (Phi) is 3.87. The molecule has 3 nitrogen and oxygen atoms in total. The molecule has 3 rings (SSSR count). The average Bonchev–Trinajstić information content (AvgIpc) is 2.88. The third-order valence-electron chi connectivity index (χ3n) is 3.53. The van der Waals surface area contributed by atoms with Crippen molar-refractivity contribution in [3.05, 3.63) is 60.3 Å². The highest BCUT2D eigenvalue weighted by Gasteiger charge is 2.21. The van der Waals surface area contributed by atoms with Gasteiger partial charge in [-0.25, -0.2) is 13.6 Å². The van der Waals surface area contributed by atoms with E-state index in [1.54, 1.807) is 39.1 Å². The number of ether oxygens (including phenoxy) is 1. The minimum absolute atomic E-state index is 0.493. The number of nitrogens with zero attached hydrogens (tertiary/aromatic N) is 1. The van der Waals surface area contributed by atoms with Gasteiger partial charge in [0.25, 0.3) is 0 Å². The van der Waals surface area contributed by atoms with Gasteiger partial charge in [0.15, 0.2) is 11.6 Å². The van der Waals surface area contributed by atoms with Crippen molar-refractivity contribution in [3.63, 3.8) is 0 Å². The highest BCUT2D eigenvalue weighted by atomic mass is 19.2. The molecule has 0 aliphatic heterocycles. The predicted octanol–water partition coefficient (Wildman–Crippen LogP) is 5.37. The van der Waals surface area contributed by atoms with Crippen molar-refractivity contribution in [2.24, 2.45) is 0 Å². The Morgan fingerprint density at radius 2 is 1.75 bits per heavy atom. The third-order valence-corrected chi connectivity index (χ3v) is 3.53. The number of para-hydroxylation sites is 1. The standard InChI is InChI=1S/C19H17F2NO2/c1-19(2,3)24-18(23)22-11-14(13-6-4-5-7-17(13)22)12-8-9-15(20)16(21)10-12/h4-11H,1-3H3. The van der Waals surface area contributed by atoms with Crippen LogP contribution in [0.2, 0.25) is 0 Å². The Morgan fingerprint density at radius 3 is 2.42 bits per heavy atom. The summed E-state index contributed by atoms with van der Waals surface area (Å²) in [5.74, 6) is -1.84. The number of rotatable bonds is 1. The van der Waals surface area contributed by atoms with E-state index >= 15 is 0 Å². The lowest BCUT2D eigenvalue weighted by molar-refractivity contribution is 0.0544. The van der Waals surface area contributed by atoms with E-state index in [1.165, 1.54) is 10.6 Å². The second-order valence-electron chi connectivity index (χ2n) is 6.54. The molecule has 0 fully saturated rings. The molecule has 0 bridgehead atoms. The number of aromatic nitrogens is 1. The number of benzene rings is 2. The lowest BCUT2D eigenvalue weighted by atomic mass is 10.0. The number of carbonyl (C=O) groups excluding carboxylic acids is 1. The van der Waals surface area contributed by atoms with Gasteiger partial charge < -0.3 is 4.74 Å². The second-order valence-corrected chi connectivity index (χ2v) is 6.54. The summed E-state index contributed by atoms with van der Waals surface area (Å²) >= 11 is 0. The Morgan fingerprint density at radius 1 is 1.04 bits per heavy atom. The number of fused-ring (bicyclic) bond motifs is 1. The van der Waals surface area contributed by atoms with Gasteiger partial charge in [-0.3, -0.25) is 4.57 Å². The monoisotopic (exact) mass is 329 g/mol. The van der Waals surface area contributed by atoms with Gasteiger partial charge in [0, 0.05) is 17.1 Å². The van der Waals surface area contributed by atoms with Gasteiger partial charge in [0.05, 0.1) is 5.52 Å². The van der Waals surface area contributed by atoms with Gasteiger partial charge in [-0.15, -0.1) is 0 Å². The van der Waals surface area contributed by atoms with E-state index in [2.05, 4.69) is 0 Å². The maximum atomic E-state index is 13.6. The van der Waals surface area contributed by atoms with Crippen LogP contribution >= 0.6 is 0 Å². The minimum Gasteiger partial charge on any atom is -0.443 e. The summed E-state index contributed by atoms with van der Waals surface area (Å²) in [5, 5.41) is 0.759. The molecular formula is C19H17F2NO2. The molecule has 3 aromatic rings. The van der Waals surface area contributed by atoms with Gasteiger partial charge in [-0.05, 0) is 44.5 Å². The zero-order valence-corrected chi connectivity index (χ0v) is 13.6. The fourth-order valence-corrected chi connectivity index (χ4v) is 2.54. The summed E-state index contributed by atoms with van der Waals surface area (Å²) in [4.78, 5) is 12.4. The van der Waals surface area contributed by atoms with Crippen LogP contribution < -0.4 is 0 Å². The predicted molar refractivity (Wildman–Crippen MR) is 88.9 cm³/mol. The molecule has 5 heteroatoms. The van der Waals surface area contributed by atoms with Crippen molar-refractivity contribution in [2.75, 3.05) is 0 Å². The Bertz CT molecular complexity index is 923. The fraction of sp³-hybridized carbons (Fsp3) is 0.211. The molecule has 0 saturated carbocycles. The van der Waals surface area contributed by atoms with E-state index in [0.717, 1.165) is 17.5 Å². The number of carbonyl (C=O) groups is 1. The summed E-state index contributed by atoms with van der Waals surface area (Å²) in [6, 6.07) is 10.9. The lowest BCUT2D eigenvalue weighted by Crippen LogP contribution is -2.26. The highest BCUT2D eigenvalue weighted by molar-refractivity contribution is 6.00. The summed E-state index contributed by atoms with van der Waals surface area (Å²) in [7, 11) is 0. The first-order valence-electron chi connectivity index (χ1n) is 7.55. The van der Waals surface area contributed by atoms with Gasteiger partial charge in [0.2, 0.25) is 0 Å².